The fourth-order valence-electron chi connectivity index (χ4n) is 5.48. The number of benzene rings is 3. The van der Waals surface area contributed by atoms with Crippen molar-refractivity contribution in [2.75, 3.05) is 10.2 Å². The number of hydrogen-bond acceptors (Lipinski definition) is 6. The number of thioether (sulfide) groups is 1. The Hall–Kier alpha value is -4.44. The molecule has 3 aromatic carbocycles. The molecule has 16 heteroatoms. The first-order chi connectivity index (χ1) is 21.6. The first-order valence-electron chi connectivity index (χ1n) is 13.3. The highest BCUT2D eigenvalue weighted by molar-refractivity contribution is 8.00. The SMILES string of the molecule is O=C(Cn1c2c(sc1=O)[C@@H](c1ccc(F)cc1)[C@@H]1C(=O)N(c3cccc(C(F)(F)F)c3)C(=O)[C@@H]1S2)Nc1cccc(C(F)(F)F)c1. The van der Waals surface area contributed by atoms with Crippen molar-refractivity contribution in [2.24, 2.45) is 5.92 Å². The molecular weight excluding hydrogens is 663 g/mol. The van der Waals surface area contributed by atoms with Crippen LogP contribution in [0.15, 0.2) is 82.6 Å². The molecule has 3 atom stereocenters. The third-order valence-corrected chi connectivity index (χ3v) is 10.1. The van der Waals surface area contributed by atoms with Crippen molar-refractivity contribution < 1.29 is 45.1 Å². The van der Waals surface area contributed by atoms with Gasteiger partial charge in [-0.1, -0.05) is 47.4 Å². The van der Waals surface area contributed by atoms with E-state index in [9.17, 15) is 49.9 Å². The van der Waals surface area contributed by atoms with E-state index in [2.05, 4.69) is 5.32 Å². The van der Waals surface area contributed by atoms with Crippen molar-refractivity contribution >= 4 is 52.2 Å². The third kappa shape index (κ3) is 5.70. The molecule has 0 saturated carbocycles. The zero-order valence-corrected chi connectivity index (χ0v) is 24.5. The summed E-state index contributed by atoms with van der Waals surface area (Å²) in [5.74, 6) is -5.35. The minimum Gasteiger partial charge on any atom is -0.325 e. The summed E-state index contributed by atoms with van der Waals surface area (Å²) in [4.78, 5) is 54.0. The number of amides is 3. The minimum atomic E-state index is -4.76. The number of nitrogens with one attached hydrogen (secondary N) is 1. The Labute approximate surface area is 262 Å². The van der Waals surface area contributed by atoms with Gasteiger partial charge in [0.15, 0.2) is 0 Å². The molecule has 1 N–H and O–H groups in total. The lowest BCUT2D eigenvalue weighted by atomic mass is 9.83. The second-order valence-electron chi connectivity index (χ2n) is 10.4. The first-order valence-corrected chi connectivity index (χ1v) is 15.0. The molecule has 46 heavy (non-hydrogen) atoms. The van der Waals surface area contributed by atoms with Crippen molar-refractivity contribution in [3.8, 4) is 0 Å². The molecule has 6 rings (SSSR count). The average Bonchev–Trinajstić information content (AvgIpc) is 3.43. The zero-order chi connectivity index (χ0) is 33.1. The number of aromatic nitrogens is 1. The molecule has 0 bridgehead atoms. The van der Waals surface area contributed by atoms with E-state index in [1.165, 1.54) is 24.3 Å². The summed E-state index contributed by atoms with van der Waals surface area (Å²) >= 11 is 1.45. The third-order valence-electron chi connectivity index (χ3n) is 7.49. The smallest absolute Gasteiger partial charge is 0.325 e. The van der Waals surface area contributed by atoms with E-state index in [1.807, 2.05) is 0 Å². The van der Waals surface area contributed by atoms with Gasteiger partial charge in [0.1, 0.15) is 17.6 Å². The number of carbonyl (C=O) groups is 3. The quantitative estimate of drug-likeness (QED) is 0.192. The molecule has 1 aromatic heterocycles. The lowest BCUT2D eigenvalue weighted by molar-refractivity contribution is -0.138. The molecule has 1 saturated heterocycles. The highest BCUT2D eigenvalue weighted by atomic mass is 32.2. The molecule has 0 spiro atoms. The number of anilines is 2. The molecule has 0 unspecified atom stereocenters. The van der Waals surface area contributed by atoms with Crippen LogP contribution >= 0.6 is 23.1 Å². The van der Waals surface area contributed by atoms with Gasteiger partial charge in [0, 0.05) is 16.5 Å². The van der Waals surface area contributed by atoms with Crippen LogP contribution in [0, 0.1) is 11.7 Å². The van der Waals surface area contributed by atoms with Gasteiger partial charge < -0.3 is 5.32 Å². The molecule has 0 aliphatic carbocycles. The Balaban J connectivity index is 1.38. The van der Waals surface area contributed by atoms with Crippen LogP contribution in [0.3, 0.4) is 0 Å². The number of carbonyl (C=O) groups excluding carboxylic acids is 3. The van der Waals surface area contributed by atoms with Gasteiger partial charge in [-0.05, 0) is 54.1 Å². The zero-order valence-electron chi connectivity index (χ0n) is 22.9. The van der Waals surface area contributed by atoms with Crippen LogP contribution in [0.2, 0.25) is 0 Å². The van der Waals surface area contributed by atoms with Crippen molar-refractivity contribution in [2.45, 2.75) is 35.1 Å². The van der Waals surface area contributed by atoms with Crippen molar-refractivity contribution in [1.82, 2.24) is 4.57 Å². The van der Waals surface area contributed by atoms with Gasteiger partial charge in [0.2, 0.25) is 17.7 Å². The minimum absolute atomic E-state index is 0.122. The van der Waals surface area contributed by atoms with Gasteiger partial charge in [0.05, 0.1) is 27.8 Å². The van der Waals surface area contributed by atoms with Gasteiger partial charge in [-0.15, -0.1) is 0 Å². The molecule has 1 fully saturated rings. The van der Waals surface area contributed by atoms with Gasteiger partial charge in [-0.2, -0.15) is 26.3 Å². The number of thiazole rings is 1. The van der Waals surface area contributed by atoms with Gasteiger partial charge >= 0.3 is 17.2 Å². The van der Waals surface area contributed by atoms with Crippen LogP contribution in [0.4, 0.5) is 42.1 Å². The number of fused-ring (bicyclic) bond motifs is 2. The lowest BCUT2D eigenvalue weighted by Gasteiger charge is -2.30. The number of imide groups is 1. The molecule has 238 valence electrons. The second kappa shape index (κ2) is 11.4. The Bertz CT molecular complexity index is 1940. The van der Waals surface area contributed by atoms with E-state index in [4.69, 9.17) is 0 Å². The number of alkyl halides is 6. The predicted molar refractivity (Wildman–Crippen MR) is 154 cm³/mol. The van der Waals surface area contributed by atoms with Crippen LogP contribution in [0.5, 0.6) is 0 Å². The highest BCUT2D eigenvalue weighted by Crippen LogP contribution is 2.54. The predicted octanol–water partition coefficient (Wildman–Crippen LogP) is 6.52. The van der Waals surface area contributed by atoms with Crippen LogP contribution in [0.1, 0.15) is 27.5 Å². The monoisotopic (exact) mass is 681 g/mol. The molecule has 7 nitrogen and oxygen atoms in total. The molecule has 4 aromatic rings. The lowest BCUT2D eigenvalue weighted by Crippen LogP contribution is -2.33. The molecule has 0 radical (unpaired) electrons. The molecule has 2 aliphatic heterocycles. The first kappa shape index (κ1) is 31.5. The number of rotatable bonds is 5. The number of halogens is 7. The van der Waals surface area contributed by atoms with Gasteiger partial charge in [-0.25, -0.2) is 9.29 Å². The fraction of sp³-hybridized carbons (Fsp3) is 0.200. The summed E-state index contributed by atoms with van der Waals surface area (Å²) in [5, 5.41) is 1.20. The summed E-state index contributed by atoms with van der Waals surface area (Å²) in [6.07, 6.45) is -9.42. The van der Waals surface area contributed by atoms with Gasteiger partial charge in [-0.3, -0.25) is 23.7 Å². The highest BCUT2D eigenvalue weighted by Gasteiger charge is 2.57. The maximum atomic E-state index is 13.9. The van der Waals surface area contributed by atoms with Gasteiger partial charge in [0.25, 0.3) is 0 Å². The van der Waals surface area contributed by atoms with Crippen LogP contribution in [-0.4, -0.2) is 27.5 Å². The summed E-state index contributed by atoms with van der Waals surface area (Å²) in [5.41, 5.74) is -2.23. The van der Waals surface area contributed by atoms with Crippen molar-refractivity contribution in [3.63, 3.8) is 0 Å². The van der Waals surface area contributed by atoms with Crippen LogP contribution < -0.4 is 15.1 Å². The summed E-state index contributed by atoms with van der Waals surface area (Å²) < 4.78 is 94.7. The average molecular weight is 682 g/mol. The second-order valence-corrected chi connectivity index (χ2v) is 12.5. The summed E-state index contributed by atoms with van der Waals surface area (Å²) in [6.45, 7) is -0.666. The van der Waals surface area contributed by atoms with Crippen LogP contribution in [-0.2, 0) is 33.3 Å². The summed E-state index contributed by atoms with van der Waals surface area (Å²) in [6, 6.07) is 12.5. The maximum Gasteiger partial charge on any atom is 0.416 e. The number of nitrogens with zero attached hydrogens (tertiary/aromatic N) is 2. The van der Waals surface area contributed by atoms with Crippen LogP contribution in [0.25, 0.3) is 0 Å². The van der Waals surface area contributed by atoms with E-state index in [1.54, 1.807) is 0 Å². The van der Waals surface area contributed by atoms with E-state index in [0.29, 0.717) is 27.9 Å². The van der Waals surface area contributed by atoms with E-state index >= 15 is 0 Å². The molecule has 3 amide bonds. The fourth-order valence-corrected chi connectivity index (χ4v) is 8.25. The topological polar surface area (TPSA) is 88.5 Å². The molecule has 3 heterocycles. The maximum absolute atomic E-state index is 13.9. The Morgan fingerprint density at radius 3 is 2.11 bits per heavy atom. The summed E-state index contributed by atoms with van der Waals surface area (Å²) in [7, 11) is 0. The molecule has 2 aliphatic rings. The Morgan fingerprint density at radius 2 is 1.46 bits per heavy atom. The van der Waals surface area contributed by atoms with E-state index < -0.39 is 75.5 Å². The standard InChI is InChI=1S/C30H18F7N3O4S2/c31-17-9-7-14(8-10-17)21-22-23(26(43)40(25(22)42)19-6-2-4-16(12-19)30(35,36)37)45-27-24(21)46-28(44)39(27)13-20(41)38-18-5-1-3-15(11-18)29(32,33)34/h1-12,21-23H,13H2,(H,38,41)/t21-,22-,23+/m0/s1. The normalized spacial score (nSPS) is 19.6. The van der Waals surface area contributed by atoms with E-state index in [-0.39, 0.29) is 21.3 Å². The van der Waals surface area contributed by atoms with Crippen molar-refractivity contribution in [3.05, 3.63) is 110 Å². The largest absolute Gasteiger partial charge is 0.416 e. The molecular formula is C30H18F7N3O4S2. The van der Waals surface area contributed by atoms with E-state index in [0.717, 1.165) is 58.8 Å². The Kier molecular flexibility index (Phi) is 7.83. The Morgan fingerprint density at radius 1 is 0.826 bits per heavy atom. The van der Waals surface area contributed by atoms with Crippen molar-refractivity contribution in [1.29, 1.82) is 0 Å². The number of hydrogen-bond donors (Lipinski definition) is 1.